The number of halogens is 3. The summed E-state index contributed by atoms with van der Waals surface area (Å²) in [5.41, 5.74) is -0.0921. The molecule has 2 aromatic heterocycles. The second-order valence-corrected chi connectivity index (χ2v) is 10.9. The van der Waals surface area contributed by atoms with E-state index in [0.29, 0.717) is 36.0 Å². The first-order valence-electron chi connectivity index (χ1n) is 11.7. The average molecular weight is 566 g/mol. The zero-order chi connectivity index (χ0) is 28.4. The van der Waals surface area contributed by atoms with Gasteiger partial charge in [0.15, 0.2) is 0 Å². The lowest BCUT2D eigenvalue weighted by atomic mass is 10.2. The third-order valence-electron chi connectivity index (χ3n) is 6.02. The fraction of sp³-hybridized carbons (Fsp3) is 0.333. The zero-order valence-electron chi connectivity index (χ0n) is 21.0. The summed E-state index contributed by atoms with van der Waals surface area (Å²) in [7, 11) is -2.37. The number of amides is 1. The number of hydrogen-bond acceptors (Lipinski definition) is 9. The average Bonchev–Trinajstić information content (AvgIpc) is 3.32. The summed E-state index contributed by atoms with van der Waals surface area (Å²) in [4.78, 5) is 26.1. The molecule has 1 saturated heterocycles. The second kappa shape index (κ2) is 11.0. The van der Waals surface area contributed by atoms with Crippen LogP contribution in [0.5, 0.6) is 0 Å². The van der Waals surface area contributed by atoms with E-state index in [1.54, 1.807) is 18.2 Å². The SMILES string of the molecule is CN(c1ncccc1CNc1nc(Nc2cccc(C(=O)N3CC[C@H](O)C3)c2)ncc1C(F)(F)F)S(C)(=O)=O. The van der Waals surface area contributed by atoms with Crippen LogP contribution in [-0.4, -0.2) is 71.8 Å². The van der Waals surface area contributed by atoms with Gasteiger partial charge >= 0.3 is 6.18 Å². The maximum absolute atomic E-state index is 13.7. The standard InChI is InChI=1S/C24H26F3N7O4S/c1-33(39(2,37)38)21-16(6-4-9-28-21)12-29-20-19(24(25,26)27)13-30-23(32-20)31-17-7-3-5-15(11-17)22(36)34-10-8-18(35)14-34/h3-7,9,11,13,18,35H,8,10,12,14H2,1-2H3,(H2,29,30,31,32)/t18-/m0/s1. The van der Waals surface area contributed by atoms with Gasteiger partial charge in [-0.1, -0.05) is 12.1 Å². The van der Waals surface area contributed by atoms with Crippen molar-refractivity contribution < 1.29 is 31.5 Å². The van der Waals surface area contributed by atoms with Gasteiger partial charge in [0.05, 0.1) is 12.4 Å². The molecule has 0 aliphatic carbocycles. The Morgan fingerprint density at radius 2 is 2.00 bits per heavy atom. The van der Waals surface area contributed by atoms with Gasteiger partial charge in [0.2, 0.25) is 16.0 Å². The van der Waals surface area contributed by atoms with E-state index in [1.807, 2.05) is 0 Å². The van der Waals surface area contributed by atoms with E-state index in [0.717, 1.165) is 10.6 Å². The third-order valence-corrected chi connectivity index (χ3v) is 7.19. The Labute approximate surface area is 222 Å². The number of aromatic nitrogens is 3. The zero-order valence-corrected chi connectivity index (χ0v) is 21.8. The summed E-state index contributed by atoms with van der Waals surface area (Å²) < 4.78 is 66.0. The van der Waals surface area contributed by atoms with Gasteiger partial charge in [-0.2, -0.15) is 18.2 Å². The second-order valence-electron chi connectivity index (χ2n) is 8.92. The van der Waals surface area contributed by atoms with Gasteiger partial charge in [0.1, 0.15) is 17.2 Å². The summed E-state index contributed by atoms with van der Waals surface area (Å²) in [5, 5.41) is 15.1. The number of alkyl halides is 3. The van der Waals surface area contributed by atoms with Crippen molar-refractivity contribution in [3.8, 4) is 0 Å². The first-order valence-corrected chi connectivity index (χ1v) is 13.6. The number of benzene rings is 1. The van der Waals surface area contributed by atoms with E-state index in [4.69, 9.17) is 0 Å². The first-order chi connectivity index (χ1) is 18.3. The molecular weight excluding hydrogens is 539 g/mol. The highest BCUT2D eigenvalue weighted by atomic mass is 32.2. The summed E-state index contributed by atoms with van der Waals surface area (Å²) in [6, 6.07) is 9.39. The number of sulfonamides is 1. The molecule has 3 aromatic rings. The Kier molecular flexibility index (Phi) is 7.92. The molecule has 4 rings (SSSR count). The van der Waals surface area contributed by atoms with Crippen molar-refractivity contribution in [3.63, 3.8) is 0 Å². The van der Waals surface area contributed by atoms with E-state index in [1.165, 1.54) is 36.3 Å². The van der Waals surface area contributed by atoms with Crippen molar-refractivity contribution >= 4 is 39.2 Å². The van der Waals surface area contributed by atoms with E-state index in [9.17, 15) is 31.5 Å². The molecule has 3 N–H and O–H groups in total. The molecule has 3 heterocycles. The molecule has 39 heavy (non-hydrogen) atoms. The van der Waals surface area contributed by atoms with Gasteiger partial charge in [-0.15, -0.1) is 0 Å². The molecule has 0 bridgehead atoms. The fourth-order valence-corrected chi connectivity index (χ4v) is 4.42. The number of aliphatic hydroxyl groups is 1. The minimum absolute atomic E-state index is 0.0560. The number of hydrogen-bond donors (Lipinski definition) is 3. The molecule has 0 unspecified atom stereocenters. The molecule has 0 saturated carbocycles. The van der Waals surface area contributed by atoms with Crippen LogP contribution in [0, 0.1) is 0 Å². The smallest absolute Gasteiger partial charge is 0.391 e. The molecule has 1 atom stereocenters. The minimum Gasteiger partial charge on any atom is -0.391 e. The largest absolute Gasteiger partial charge is 0.421 e. The Balaban J connectivity index is 1.58. The van der Waals surface area contributed by atoms with Gasteiger partial charge in [-0.25, -0.2) is 18.4 Å². The highest BCUT2D eigenvalue weighted by molar-refractivity contribution is 7.92. The lowest BCUT2D eigenvalue weighted by Gasteiger charge is -2.20. The predicted octanol–water partition coefficient (Wildman–Crippen LogP) is 2.85. The normalized spacial score (nSPS) is 15.7. The van der Waals surface area contributed by atoms with E-state index in [2.05, 4.69) is 25.6 Å². The summed E-state index contributed by atoms with van der Waals surface area (Å²) >= 11 is 0. The minimum atomic E-state index is -4.77. The number of nitrogens with one attached hydrogen (secondary N) is 2. The number of carbonyl (C=O) groups is 1. The topological polar surface area (TPSA) is 141 Å². The maximum Gasteiger partial charge on any atom is 0.421 e. The predicted molar refractivity (Wildman–Crippen MR) is 138 cm³/mol. The highest BCUT2D eigenvalue weighted by Gasteiger charge is 2.35. The van der Waals surface area contributed by atoms with Gasteiger partial charge in [-0.05, 0) is 30.7 Å². The number of likely N-dealkylation sites (tertiary alicyclic amines) is 1. The van der Waals surface area contributed by atoms with Crippen LogP contribution >= 0.6 is 0 Å². The molecule has 1 fully saturated rings. The summed E-state index contributed by atoms with van der Waals surface area (Å²) in [6.45, 7) is 0.438. The van der Waals surface area contributed by atoms with Crippen LogP contribution in [-0.2, 0) is 22.7 Å². The van der Waals surface area contributed by atoms with Crippen molar-refractivity contribution in [1.29, 1.82) is 0 Å². The quantitative estimate of drug-likeness (QED) is 0.376. The Morgan fingerprint density at radius 3 is 2.67 bits per heavy atom. The summed E-state index contributed by atoms with van der Waals surface area (Å²) in [6.07, 6.45) is -1.86. The maximum atomic E-state index is 13.7. The van der Waals surface area contributed by atoms with E-state index in [-0.39, 0.29) is 30.8 Å². The molecule has 15 heteroatoms. The highest BCUT2D eigenvalue weighted by Crippen LogP contribution is 2.34. The Bertz CT molecular complexity index is 1470. The van der Waals surface area contributed by atoms with Crippen LogP contribution in [0.15, 0.2) is 48.8 Å². The monoisotopic (exact) mass is 565 g/mol. The van der Waals surface area contributed by atoms with Crippen molar-refractivity contribution in [2.75, 3.05) is 41.3 Å². The molecule has 1 aliphatic heterocycles. The molecule has 0 radical (unpaired) electrons. The lowest BCUT2D eigenvalue weighted by molar-refractivity contribution is -0.137. The fourth-order valence-electron chi connectivity index (χ4n) is 3.94. The van der Waals surface area contributed by atoms with E-state index >= 15 is 0 Å². The van der Waals surface area contributed by atoms with Gasteiger partial charge in [-0.3, -0.25) is 9.10 Å². The first kappa shape index (κ1) is 28.0. The molecule has 11 nitrogen and oxygen atoms in total. The molecule has 0 spiro atoms. The summed E-state index contributed by atoms with van der Waals surface area (Å²) in [5.74, 6) is -0.917. The molecule has 1 amide bonds. The van der Waals surface area contributed by atoms with E-state index < -0.39 is 33.7 Å². The van der Waals surface area contributed by atoms with Gasteiger partial charge < -0.3 is 20.6 Å². The van der Waals surface area contributed by atoms with Crippen LogP contribution < -0.4 is 14.9 Å². The van der Waals surface area contributed by atoms with Crippen molar-refractivity contribution in [3.05, 3.63) is 65.5 Å². The number of nitrogens with zero attached hydrogens (tertiary/aromatic N) is 5. The number of β-amino-alcohol motifs (C(OH)–C–C–N with tert-alkyl or cyclic N) is 1. The van der Waals surface area contributed by atoms with Crippen LogP contribution in [0.2, 0.25) is 0 Å². The molecule has 1 aliphatic rings. The number of carbonyl (C=O) groups excluding carboxylic acids is 1. The van der Waals surface area contributed by atoms with Crippen molar-refractivity contribution in [2.24, 2.45) is 0 Å². The van der Waals surface area contributed by atoms with Crippen molar-refractivity contribution in [1.82, 2.24) is 19.9 Å². The van der Waals surface area contributed by atoms with Gasteiger partial charge in [0, 0.05) is 55.9 Å². The molecule has 1 aromatic carbocycles. The van der Waals surface area contributed by atoms with Crippen LogP contribution in [0.4, 0.5) is 36.4 Å². The molecular formula is C24H26F3N7O4S. The Morgan fingerprint density at radius 1 is 1.23 bits per heavy atom. The number of rotatable bonds is 8. The molecule has 208 valence electrons. The van der Waals surface area contributed by atoms with Crippen LogP contribution in [0.1, 0.15) is 27.9 Å². The number of pyridine rings is 1. The van der Waals surface area contributed by atoms with Gasteiger partial charge in [0.25, 0.3) is 5.91 Å². The van der Waals surface area contributed by atoms with Crippen molar-refractivity contribution in [2.45, 2.75) is 25.2 Å². The number of anilines is 4. The third kappa shape index (κ3) is 6.72. The van der Waals surface area contributed by atoms with Crippen LogP contribution in [0.25, 0.3) is 0 Å². The Hall–Kier alpha value is -3.98. The van der Waals surface area contributed by atoms with Crippen LogP contribution in [0.3, 0.4) is 0 Å². The lowest BCUT2D eigenvalue weighted by Crippen LogP contribution is -2.29. The number of aliphatic hydroxyl groups excluding tert-OH is 1.